The predicted molar refractivity (Wildman–Crippen MR) is 61.9 cm³/mol. The zero-order valence-electron chi connectivity index (χ0n) is 9.64. The summed E-state index contributed by atoms with van der Waals surface area (Å²) in [4.78, 5) is 14.4. The monoisotopic (exact) mass is 265 g/mol. The quantitative estimate of drug-likeness (QED) is 0.923. The first-order valence-electron chi connectivity index (χ1n) is 5.32. The molecule has 0 fully saturated rings. The van der Waals surface area contributed by atoms with Gasteiger partial charge in [-0.1, -0.05) is 0 Å². The Morgan fingerprint density at radius 3 is 2.32 bits per heavy atom. The average Bonchev–Trinajstić information content (AvgIpc) is 2.38. The smallest absolute Gasteiger partial charge is 0.335 e. The van der Waals surface area contributed by atoms with E-state index in [1.165, 1.54) is 12.4 Å². The van der Waals surface area contributed by atoms with Gasteiger partial charge in [0, 0.05) is 12.4 Å². The number of carbonyl (C=O) groups is 1. The number of rotatable bonds is 4. The molecule has 0 radical (unpaired) electrons. The van der Waals surface area contributed by atoms with Gasteiger partial charge in [0.15, 0.2) is 17.4 Å². The topological polar surface area (TPSA) is 59.4 Å². The van der Waals surface area contributed by atoms with E-state index < -0.39 is 28.9 Å². The molecule has 6 heteroatoms. The van der Waals surface area contributed by atoms with Crippen LogP contribution in [0.15, 0.2) is 36.7 Å². The van der Waals surface area contributed by atoms with Gasteiger partial charge in [-0.15, -0.1) is 0 Å². The van der Waals surface area contributed by atoms with E-state index in [2.05, 4.69) is 4.98 Å². The third-order valence-corrected chi connectivity index (χ3v) is 2.38. The van der Waals surface area contributed by atoms with Crippen molar-refractivity contribution < 1.29 is 23.4 Å². The number of carboxylic acids is 1. The van der Waals surface area contributed by atoms with Crippen molar-refractivity contribution in [2.75, 3.05) is 0 Å². The Morgan fingerprint density at radius 1 is 1.21 bits per heavy atom. The number of benzene rings is 1. The summed E-state index contributed by atoms with van der Waals surface area (Å²) >= 11 is 0. The normalized spacial score (nSPS) is 10.2. The molecule has 0 aliphatic carbocycles. The second-order valence-corrected chi connectivity index (χ2v) is 3.72. The number of ether oxygens (including phenoxy) is 1. The lowest BCUT2D eigenvalue weighted by Gasteiger charge is -2.09. The summed E-state index contributed by atoms with van der Waals surface area (Å²) in [5.41, 5.74) is 0.224. The fraction of sp³-hybridized carbons (Fsp3) is 0.0769. The van der Waals surface area contributed by atoms with E-state index in [1.807, 2.05) is 0 Å². The number of aromatic nitrogens is 1. The first kappa shape index (κ1) is 12.9. The van der Waals surface area contributed by atoms with Gasteiger partial charge < -0.3 is 9.84 Å². The van der Waals surface area contributed by atoms with E-state index in [0.717, 1.165) is 0 Å². The average molecular weight is 265 g/mol. The summed E-state index contributed by atoms with van der Waals surface area (Å²) < 4.78 is 32.1. The number of nitrogens with zero attached hydrogens (tertiary/aromatic N) is 1. The maximum Gasteiger partial charge on any atom is 0.335 e. The van der Waals surface area contributed by atoms with Gasteiger partial charge in [-0.25, -0.2) is 13.6 Å². The Kier molecular flexibility index (Phi) is 3.70. The van der Waals surface area contributed by atoms with E-state index in [1.54, 1.807) is 12.1 Å². The minimum Gasteiger partial charge on any atom is -0.483 e. The van der Waals surface area contributed by atoms with Crippen molar-refractivity contribution in [2.24, 2.45) is 0 Å². The van der Waals surface area contributed by atoms with Crippen LogP contribution in [0.1, 0.15) is 15.9 Å². The largest absolute Gasteiger partial charge is 0.483 e. The highest BCUT2D eigenvalue weighted by atomic mass is 19.1. The van der Waals surface area contributed by atoms with Gasteiger partial charge >= 0.3 is 5.97 Å². The van der Waals surface area contributed by atoms with Crippen molar-refractivity contribution in [1.29, 1.82) is 0 Å². The van der Waals surface area contributed by atoms with Crippen molar-refractivity contribution in [3.05, 3.63) is 59.4 Å². The van der Waals surface area contributed by atoms with Crippen molar-refractivity contribution in [1.82, 2.24) is 4.98 Å². The zero-order chi connectivity index (χ0) is 13.8. The molecule has 1 aromatic heterocycles. The molecule has 0 bridgehead atoms. The molecule has 1 N–H and O–H groups in total. The molecule has 2 aromatic rings. The van der Waals surface area contributed by atoms with E-state index in [-0.39, 0.29) is 6.61 Å². The number of carboxylic acid groups (broad SMARTS) is 1. The highest BCUT2D eigenvalue weighted by molar-refractivity contribution is 5.87. The van der Waals surface area contributed by atoms with Crippen LogP contribution in [0.3, 0.4) is 0 Å². The molecule has 0 aliphatic heterocycles. The molecule has 0 aliphatic rings. The molecular formula is C13H9F2NO3. The molecule has 1 heterocycles. The van der Waals surface area contributed by atoms with Crippen LogP contribution in [0.2, 0.25) is 0 Å². The maximum atomic E-state index is 13.5. The summed E-state index contributed by atoms with van der Waals surface area (Å²) in [6, 6.07) is 4.71. The van der Waals surface area contributed by atoms with Gasteiger partial charge in [-0.05, 0) is 29.8 Å². The van der Waals surface area contributed by atoms with Crippen LogP contribution in [0.4, 0.5) is 8.78 Å². The van der Waals surface area contributed by atoms with Gasteiger partial charge in [0.05, 0.1) is 5.56 Å². The van der Waals surface area contributed by atoms with Gasteiger partial charge in [0.25, 0.3) is 0 Å². The maximum absolute atomic E-state index is 13.5. The summed E-state index contributed by atoms with van der Waals surface area (Å²) in [6.45, 7) is -0.0389. The molecule has 0 unspecified atom stereocenters. The van der Waals surface area contributed by atoms with Crippen LogP contribution in [0.5, 0.6) is 5.75 Å². The molecule has 19 heavy (non-hydrogen) atoms. The number of hydrogen-bond donors (Lipinski definition) is 1. The van der Waals surface area contributed by atoms with Crippen LogP contribution in [0, 0.1) is 11.6 Å². The van der Waals surface area contributed by atoms with Gasteiger partial charge in [0.1, 0.15) is 6.61 Å². The molecule has 4 nitrogen and oxygen atoms in total. The molecule has 1 aromatic carbocycles. The number of pyridine rings is 1. The van der Waals surface area contributed by atoms with Crippen LogP contribution < -0.4 is 4.74 Å². The lowest BCUT2D eigenvalue weighted by atomic mass is 10.2. The Morgan fingerprint density at radius 2 is 1.79 bits per heavy atom. The fourth-order valence-corrected chi connectivity index (χ4v) is 1.46. The van der Waals surface area contributed by atoms with Crippen molar-refractivity contribution in [3.8, 4) is 5.75 Å². The second-order valence-electron chi connectivity index (χ2n) is 3.72. The van der Waals surface area contributed by atoms with E-state index in [4.69, 9.17) is 9.84 Å². The van der Waals surface area contributed by atoms with Gasteiger partial charge in [0.2, 0.25) is 0 Å². The fourth-order valence-electron chi connectivity index (χ4n) is 1.46. The molecule has 0 saturated heterocycles. The van der Waals surface area contributed by atoms with E-state index in [9.17, 15) is 13.6 Å². The first-order chi connectivity index (χ1) is 9.08. The Balaban J connectivity index is 2.19. The van der Waals surface area contributed by atoms with Crippen LogP contribution in [-0.2, 0) is 6.61 Å². The molecule has 98 valence electrons. The van der Waals surface area contributed by atoms with Gasteiger partial charge in [-0.2, -0.15) is 0 Å². The second kappa shape index (κ2) is 5.43. The van der Waals surface area contributed by atoms with Crippen molar-refractivity contribution >= 4 is 5.97 Å². The number of hydrogen-bond acceptors (Lipinski definition) is 3. The summed E-state index contributed by atoms with van der Waals surface area (Å²) in [7, 11) is 0. The lowest BCUT2D eigenvalue weighted by Crippen LogP contribution is -2.04. The third-order valence-electron chi connectivity index (χ3n) is 2.38. The molecule has 0 atom stereocenters. The van der Waals surface area contributed by atoms with Crippen LogP contribution in [-0.4, -0.2) is 16.1 Å². The summed E-state index contributed by atoms with van der Waals surface area (Å²) in [5.74, 6) is -4.10. The molecule has 0 amide bonds. The number of aromatic carboxylic acids is 1. The van der Waals surface area contributed by atoms with Crippen molar-refractivity contribution in [2.45, 2.75) is 6.61 Å². The Labute approximate surface area is 107 Å². The highest BCUT2D eigenvalue weighted by Crippen LogP contribution is 2.24. The third kappa shape index (κ3) is 3.04. The molecular weight excluding hydrogens is 256 g/mol. The van der Waals surface area contributed by atoms with E-state index in [0.29, 0.717) is 17.7 Å². The first-order valence-corrected chi connectivity index (χ1v) is 5.32. The summed E-state index contributed by atoms with van der Waals surface area (Å²) in [6.07, 6.45) is 3.05. The standard InChI is InChI=1S/C13H9F2NO3/c14-10-5-9(13(17)18)6-11(15)12(10)19-7-8-1-3-16-4-2-8/h1-6H,7H2,(H,17,18). The van der Waals surface area contributed by atoms with Crippen LogP contribution in [0.25, 0.3) is 0 Å². The molecule has 0 spiro atoms. The predicted octanol–water partition coefficient (Wildman–Crippen LogP) is 2.64. The Hall–Kier alpha value is -2.50. The highest BCUT2D eigenvalue weighted by Gasteiger charge is 2.15. The van der Waals surface area contributed by atoms with E-state index >= 15 is 0 Å². The van der Waals surface area contributed by atoms with Gasteiger partial charge in [-0.3, -0.25) is 4.98 Å². The SMILES string of the molecule is O=C(O)c1cc(F)c(OCc2ccncc2)c(F)c1. The Bertz CT molecular complexity index is 579. The van der Waals surface area contributed by atoms with Crippen LogP contribution >= 0.6 is 0 Å². The number of halogens is 2. The van der Waals surface area contributed by atoms with Crippen molar-refractivity contribution in [3.63, 3.8) is 0 Å². The summed E-state index contributed by atoms with van der Waals surface area (Å²) in [5, 5.41) is 8.65. The molecule has 0 saturated carbocycles. The molecule has 2 rings (SSSR count). The minimum atomic E-state index is -1.40. The minimum absolute atomic E-state index is 0.0389. The zero-order valence-corrected chi connectivity index (χ0v) is 9.64. The lowest BCUT2D eigenvalue weighted by molar-refractivity contribution is 0.0695.